The van der Waals surface area contributed by atoms with Crippen LogP contribution in [-0.4, -0.2) is 10.2 Å². The van der Waals surface area contributed by atoms with Crippen molar-refractivity contribution < 1.29 is 10.2 Å². The van der Waals surface area contributed by atoms with Crippen LogP contribution in [-0.2, 0) is 0 Å². The number of aromatic hydroxyl groups is 2. The summed E-state index contributed by atoms with van der Waals surface area (Å²) in [6.07, 6.45) is 0. The number of hydrogen-bond acceptors (Lipinski definition) is 6. The van der Waals surface area contributed by atoms with Crippen molar-refractivity contribution in [2.75, 3.05) is 11.1 Å². The zero-order valence-electron chi connectivity index (χ0n) is 11.5. The molecule has 5 N–H and O–H groups in total. The second-order valence-corrected chi connectivity index (χ2v) is 4.49. The topological polar surface area (TPSA) is 113 Å². The van der Waals surface area contributed by atoms with Gasteiger partial charge in [-0.3, -0.25) is 9.59 Å². The molecule has 0 unspecified atom stereocenters. The predicted octanol–water partition coefficient (Wildman–Crippen LogP) is 1.71. The van der Waals surface area contributed by atoms with Gasteiger partial charge in [-0.25, -0.2) is 0 Å². The van der Waals surface area contributed by atoms with Crippen molar-refractivity contribution in [3.8, 4) is 11.5 Å². The average Bonchev–Trinajstić information content (AvgIpc) is 2.49. The summed E-state index contributed by atoms with van der Waals surface area (Å²) in [5.74, 6) is 0.255. The SMILES string of the molecule is Nc1cccc(O)c1.O=c1cc(Nc2ccccc2O)c1=O. The molecule has 0 aliphatic heterocycles. The molecule has 0 bridgehead atoms. The van der Waals surface area contributed by atoms with Gasteiger partial charge in [-0.1, -0.05) is 18.2 Å². The molecule has 0 saturated carbocycles. The monoisotopic (exact) mass is 298 g/mol. The van der Waals surface area contributed by atoms with Gasteiger partial charge in [0.15, 0.2) is 0 Å². The van der Waals surface area contributed by atoms with Crippen LogP contribution in [0.5, 0.6) is 11.5 Å². The zero-order chi connectivity index (χ0) is 16.1. The van der Waals surface area contributed by atoms with Crippen LogP contribution >= 0.6 is 0 Å². The summed E-state index contributed by atoms with van der Waals surface area (Å²) in [7, 11) is 0. The summed E-state index contributed by atoms with van der Waals surface area (Å²) < 4.78 is 0. The Labute approximate surface area is 125 Å². The number of para-hydroxylation sites is 2. The predicted molar refractivity (Wildman–Crippen MR) is 85.3 cm³/mol. The molecular weight excluding hydrogens is 284 g/mol. The van der Waals surface area contributed by atoms with Gasteiger partial charge in [0.2, 0.25) is 10.9 Å². The third-order valence-electron chi connectivity index (χ3n) is 2.79. The number of phenols is 2. The molecule has 0 aromatic heterocycles. The number of nitrogen functional groups attached to an aromatic ring is 1. The molecule has 3 rings (SSSR count). The van der Waals surface area contributed by atoms with Gasteiger partial charge in [-0.2, -0.15) is 0 Å². The highest BCUT2D eigenvalue weighted by molar-refractivity contribution is 5.66. The Hall–Kier alpha value is -3.28. The van der Waals surface area contributed by atoms with E-state index in [9.17, 15) is 14.7 Å². The molecule has 0 aliphatic carbocycles. The number of nitrogens with one attached hydrogen (secondary N) is 1. The molecule has 0 atom stereocenters. The van der Waals surface area contributed by atoms with Crippen LogP contribution in [0.15, 0.2) is 64.2 Å². The molecule has 0 fully saturated rings. The molecule has 3 aromatic carbocycles. The van der Waals surface area contributed by atoms with Crippen LogP contribution in [0, 0.1) is 0 Å². The van der Waals surface area contributed by atoms with E-state index in [2.05, 4.69) is 5.32 Å². The first kappa shape index (κ1) is 15.1. The molecule has 0 heterocycles. The third kappa shape index (κ3) is 3.63. The van der Waals surface area contributed by atoms with Crippen LogP contribution in [0.3, 0.4) is 0 Å². The summed E-state index contributed by atoms with van der Waals surface area (Å²) in [5.41, 5.74) is 5.46. The molecule has 0 saturated heterocycles. The standard InChI is InChI=1S/C10H7NO3.C6H7NO/c12-8-4-2-1-3-6(8)11-7-5-9(13)10(7)14;7-5-2-1-3-6(8)4-5/h1-5,11-12H;1-4,8H,7H2. The van der Waals surface area contributed by atoms with Gasteiger partial charge < -0.3 is 21.3 Å². The molecule has 6 heteroatoms. The van der Waals surface area contributed by atoms with E-state index in [4.69, 9.17) is 10.8 Å². The fraction of sp³-hybridized carbons (Fsp3) is 0. The van der Waals surface area contributed by atoms with E-state index in [1.54, 1.807) is 36.4 Å². The fourth-order valence-corrected chi connectivity index (χ4v) is 1.66. The summed E-state index contributed by atoms with van der Waals surface area (Å²) in [4.78, 5) is 21.5. The maximum atomic E-state index is 10.9. The van der Waals surface area contributed by atoms with Crippen molar-refractivity contribution in [1.82, 2.24) is 0 Å². The van der Waals surface area contributed by atoms with Crippen molar-refractivity contribution in [1.29, 1.82) is 0 Å². The van der Waals surface area contributed by atoms with E-state index in [0.29, 0.717) is 11.4 Å². The van der Waals surface area contributed by atoms with E-state index < -0.39 is 10.9 Å². The van der Waals surface area contributed by atoms with Gasteiger partial charge in [0.05, 0.1) is 11.4 Å². The van der Waals surface area contributed by atoms with Crippen molar-refractivity contribution in [2.24, 2.45) is 0 Å². The van der Waals surface area contributed by atoms with Gasteiger partial charge in [0.25, 0.3) is 0 Å². The Morgan fingerprint density at radius 2 is 1.59 bits per heavy atom. The molecule has 0 spiro atoms. The smallest absolute Gasteiger partial charge is 0.249 e. The second kappa shape index (κ2) is 6.45. The minimum absolute atomic E-state index is 0.0422. The van der Waals surface area contributed by atoms with Crippen LogP contribution in [0.2, 0.25) is 0 Å². The molecule has 112 valence electrons. The van der Waals surface area contributed by atoms with Crippen LogP contribution in [0.1, 0.15) is 0 Å². The van der Waals surface area contributed by atoms with Gasteiger partial charge >= 0.3 is 0 Å². The minimum atomic E-state index is -0.548. The van der Waals surface area contributed by atoms with Gasteiger partial charge in [-0.15, -0.1) is 0 Å². The summed E-state index contributed by atoms with van der Waals surface area (Å²) in [6, 6.07) is 14.2. The number of hydrogen-bond donors (Lipinski definition) is 4. The highest BCUT2D eigenvalue weighted by atomic mass is 16.3. The second-order valence-electron chi connectivity index (χ2n) is 4.49. The van der Waals surface area contributed by atoms with Gasteiger partial charge in [-0.05, 0) is 24.3 Å². The molecule has 0 aliphatic rings. The Bertz CT molecular complexity index is 834. The average molecular weight is 298 g/mol. The maximum absolute atomic E-state index is 10.9. The lowest BCUT2D eigenvalue weighted by Crippen LogP contribution is -2.31. The summed E-state index contributed by atoms with van der Waals surface area (Å²) in [5, 5.41) is 20.7. The van der Waals surface area contributed by atoms with E-state index in [-0.39, 0.29) is 17.2 Å². The molecule has 0 radical (unpaired) electrons. The molecular formula is C16H14N2O4. The molecule has 0 amide bonds. The Morgan fingerprint density at radius 1 is 0.864 bits per heavy atom. The number of anilines is 3. The molecule has 22 heavy (non-hydrogen) atoms. The number of phenolic OH excluding ortho intramolecular Hbond substituents is 2. The fourth-order valence-electron chi connectivity index (χ4n) is 1.66. The van der Waals surface area contributed by atoms with Crippen molar-refractivity contribution >= 4 is 17.1 Å². The Balaban J connectivity index is 0.000000188. The highest BCUT2D eigenvalue weighted by Gasteiger charge is 2.10. The Kier molecular flexibility index (Phi) is 4.43. The van der Waals surface area contributed by atoms with Crippen molar-refractivity contribution in [2.45, 2.75) is 0 Å². The zero-order valence-corrected chi connectivity index (χ0v) is 11.5. The van der Waals surface area contributed by atoms with E-state index in [0.717, 1.165) is 0 Å². The first-order valence-electron chi connectivity index (χ1n) is 6.37. The first-order valence-corrected chi connectivity index (χ1v) is 6.37. The Morgan fingerprint density at radius 3 is 2.09 bits per heavy atom. The van der Waals surface area contributed by atoms with Crippen LogP contribution in [0.4, 0.5) is 17.1 Å². The normalized spacial score (nSPS) is 9.82. The third-order valence-corrected chi connectivity index (χ3v) is 2.79. The van der Waals surface area contributed by atoms with Crippen molar-refractivity contribution in [3.05, 3.63) is 75.0 Å². The van der Waals surface area contributed by atoms with Gasteiger partial charge in [0.1, 0.15) is 11.5 Å². The maximum Gasteiger partial charge on any atom is 0.249 e. The minimum Gasteiger partial charge on any atom is -0.508 e. The van der Waals surface area contributed by atoms with Crippen LogP contribution in [0.25, 0.3) is 0 Å². The lowest BCUT2D eigenvalue weighted by atomic mass is 10.2. The first-order chi connectivity index (χ1) is 10.5. The van der Waals surface area contributed by atoms with E-state index in [1.165, 1.54) is 18.2 Å². The number of nitrogens with two attached hydrogens (primary N) is 1. The summed E-state index contributed by atoms with van der Waals surface area (Å²) in [6.45, 7) is 0. The molecule has 6 nitrogen and oxygen atoms in total. The van der Waals surface area contributed by atoms with Crippen LogP contribution < -0.4 is 21.9 Å². The van der Waals surface area contributed by atoms with E-state index >= 15 is 0 Å². The van der Waals surface area contributed by atoms with Gasteiger partial charge in [0, 0.05) is 17.8 Å². The van der Waals surface area contributed by atoms with Crippen molar-refractivity contribution in [3.63, 3.8) is 0 Å². The van der Waals surface area contributed by atoms with E-state index in [1.807, 2.05) is 0 Å². The lowest BCUT2D eigenvalue weighted by Gasteiger charge is -2.07. The molecule has 3 aromatic rings. The quantitative estimate of drug-likeness (QED) is 0.325. The largest absolute Gasteiger partial charge is 0.508 e. The lowest BCUT2D eigenvalue weighted by molar-refractivity contribution is 0.475. The highest BCUT2D eigenvalue weighted by Crippen LogP contribution is 2.24. The number of benzene rings is 2. The number of rotatable bonds is 2. The summed E-state index contributed by atoms with van der Waals surface area (Å²) >= 11 is 0.